The zero-order valence-corrected chi connectivity index (χ0v) is 16.2. The minimum absolute atomic E-state index is 0.106. The van der Waals surface area contributed by atoms with Crippen LogP contribution in [0, 0.1) is 11.8 Å². The molecule has 158 valence electrons. The largest absolute Gasteiger partial charge is 0.434 e. The number of anilines is 1. The topological polar surface area (TPSA) is 105 Å². The Morgan fingerprint density at radius 2 is 2.03 bits per heavy atom. The number of carbonyl (C=O) groups excluding carboxylic acids is 1. The number of hydrogen-bond donors (Lipinski definition) is 2. The summed E-state index contributed by atoms with van der Waals surface area (Å²) < 4.78 is 40.8. The number of fused-ring (bicyclic) bond motifs is 1. The second-order valence-electron chi connectivity index (χ2n) is 7.15. The first-order chi connectivity index (χ1) is 14.6. The molecule has 4 rings (SSSR count). The number of likely N-dealkylation sites (tertiary alicyclic amines) is 1. The molecule has 0 spiro atoms. The van der Waals surface area contributed by atoms with Gasteiger partial charge in [-0.3, -0.25) is 4.79 Å². The van der Waals surface area contributed by atoms with E-state index in [0.717, 1.165) is 6.07 Å². The molecule has 3 N–H and O–H groups in total. The minimum atomic E-state index is -4.72. The third-order valence-electron chi connectivity index (χ3n) is 4.96. The minimum Gasteiger partial charge on any atom is -0.382 e. The van der Waals surface area contributed by atoms with Crippen LogP contribution in [-0.4, -0.2) is 50.1 Å². The van der Waals surface area contributed by atoms with Crippen LogP contribution in [0.1, 0.15) is 17.7 Å². The average molecular weight is 427 g/mol. The molecule has 1 aliphatic heterocycles. The van der Waals surface area contributed by atoms with Crippen LogP contribution in [0.3, 0.4) is 0 Å². The number of aromatic nitrogens is 3. The first kappa shape index (κ1) is 20.6. The summed E-state index contributed by atoms with van der Waals surface area (Å²) in [6, 6.07) is 7.34. The second kappa shape index (κ2) is 7.21. The molecule has 0 aliphatic carbocycles. The molecule has 3 heterocycles. The van der Waals surface area contributed by atoms with E-state index in [4.69, 9.17) is 5.73 Å². The Balaban J connectivity index is 1.80. The highest BCUT2D eigenvalue weighted by Crippen LogP contribution is 2.35. The van der Waals surface area contributed by atoms with Gasteiger partial charge in [0, 0.05) is 42.7 Å². The Morgan fingerprint density at radius 1 is 1.26 bits per heavy atom. The molecule has 10 heteroatoms. The highest BCUT2D eigenvalue weighted by molar-refractivity contribution is 5.91. The molecule has 1 fully saturated rings. The van der Waals surface area contributed by atoms with Crippen molar-refractivity contribution in [3.63, 3.8) is 0 Å². The molecule has 7 nitrogen and oxygen atoms in total. The van der Waals surface area contributed by atoms with Gasteiger partial charge in [-0.05, 0) is 18.2 Å². The highest BCUT2D eigenvalue weighted by atomic mass is 19.4. The summed E-state index contributed by atoms with van der Waals surface area (Å²) in [6.45, 7) is 0.380. The van der Waals surface area contributed by atoms with Crippen LogP contribution < -0.4 is 5.73 Å². The fraction of sp³-hybridized carbons (Fsp3) is 0.238. The summed E-state index contributed by atoms with van der Waals surface area (Å²) in [5, 5.41) is 10.2. The number of nitrogens with two attached hydrogens (primary N) is 1. The maximum Gasteiger partial charge on any atom is 0.434 e. The predicted molar refractivity (Wildman–Crippen MR) is 106 cm³/mol. The molecule has 0 radical (unpaired) electrons. The van der Waals surface area contributed by atoms with Crippen molar-refractivity contribution in [1.82, 2.24) is 19.9 Å². The molecule has 0 saturated carbocycles. The van der Waals surface area contributed by atoms with Crippen LogP contribution in [0.2, 0.25) is 0 Å². The van der Waals surface area contributed by atoms with Gasteiger partial charge in [-0.15, -0.1) is 0 Å². The Kier molecular flexibility index (Phi) is 4.78. The first-order valence-corrected chi connectivity index (χ1v) is 9.19. The van der Waals surface area contributed by atoms with Gasteiger partial charge in [0.05, 0.1) is 0 Å². The number of alkyl halides is 3. The average Bonchev–Trinajstić information content (AvgIpc) is 2.99. The molecule has 3 aromatic rings. The van der Waals surface area contributed by atoms with E-state index in [1.54, 1.807) is 19.2 Å². The molecule has 1 aromatic carbocycles. The highest BCUT2D eigenvalue weighted by Gasteiger charge is 2.42. The first-order valence-electron chi connectivity index (χ1n) is 9.19. The molecule has 1 unspecified atom stereocenters. The van der Waals surface area contributed by atoms with E-state index < -0.39 is 23.4 Å². The number of halogens is 3. The van der Waals surface area contributed by atoms with Crippen molar-refractivity contribution in [1.29, 1.82) is 0 Å². The number of pyridine rings is 1. The summed E-state index contributed by atoms with van der Waals surface area (Å²) in [7, 11) is 1.57. The van der Waals surface area contributed by atoms with Gasteiger partial charge in [-0.2, -0.15) is 13.2 Å². The van der Waals surface area contributed by atoms with Gasteiger partial charge >= 0.3 is 6.18 Å². The Hall–Kier alpha value is -3.71. The van der Waals surface area contributed by atoms with Crippen LogP contribution >= 0.6 is 0 Å². The van der Waals surface area contributed by atoms with Gasteiger partial charge in [0.1, 0.15) is 11.3 Å². The number of nitrogen functional groups attached to an aromatic ring is 1. The lowest BCUT2D eigenvalue weighted by Crippen LogP contribution is -2.37. The van der Waals surface area contributed by atoms with Gasteiger partial charge < -0.3 is 15.7 Å². The molecule has 1 saturated heterocycles. The van der Waals surface area contributed by atoms with Crippen LogP contribution in [-0.2, 0) is 11.0 Å². The molecule has 2 aromatic heterocycles. The quantitative estimate of drug-likeness (QED) is 0.577. The third-order valence-corrected chi connectivity index (χ3v) is 4.96. The van der Waals surface area contributed by atoms with Crippen LogP contribution in [0.25, 0.3) is 22.3 Å². The van der Waals surface area contributed by atoms with E-state index in [-0.39, 0.29) is 34.5 Å². The normalized spacial score (nSPS) is 18.9. The van der Waals surface area contributed by atoms with Crippen molar-refractivity contribution < 1.29 is 23.1 Å². The molecule has 0 bridgehead atoms. The van der Waals surface area contributed by atoms with E-state index in [1.165, 1.54) is 23.2 Å². The molecule has 1 amide bonds. The summed E-state index contributed by atoms with van der Waals surface area (Å²) in [4.78, 5) is 25.1. The summed E-state index contributed by atoms with van der Waals surface area (Å²) in [5.74, 6) is 4.46. The molecular weight excluding hydrogens is 411 g/mol. The van der Waals surface area contributed by atoms with Crippen molar-refractivity contribution in [2.45, 2.75) is 18.2 Å². The Morgan fingerprint density at radius 3 is 2.71 bits per heavy atom. The van der Waals surface area contributed by atoms with E-state index in [2.05, 4.69) is 26.8 Å². The summed E-state index contributed by atoms with van der Waals surface area (Å²) in [5.41, 5.74) is 3.39. The standard InChI is InChI=1S/C21H16F3N5O2/c1-29-10-8-20(31,19(29)30)7-5-12-3-2-4-13(11-12)18-27-15-14(6-9-26-17(15)25)16(28-18)21(22,23)24/h2-4,6,9,11,31H,8,10H2,1H3,(H2,25,26). The number of likely N-dealkylation sites (N-methyl/N-ethyl adjacent to an activating group) is 1. The smallest absolute Gasteiger partial charge is 0.382 e. The van der Waals surface area contributed by atoms with Crippen LogP contribution in [0.15, 0.2) is 36.5 Å². The van der Waals surface area contributed by atoms with Gasteiger partial charge in [0.15, 0.2) is 11.5 Å². The van der Waals surface area contributed by atoms with Crippen molar-refractivity contribution >= 4 is 22.6 Å². The van der Waals surface area contributed by atoms with Gasteiger partial charge in [-0.25, -0.2) is 15.0 Å². The van der Waals surface area contributed by atoms with Crippen LogP contribution in [0.5, 0.6) is 0 Å². The maximum atomic E-state index is 13.6. The van der Waals surface area contributed by atoms with Crippen molar-refractivity contribution in [3.8, 4) is 23.2 Å². The SMILES string of the molecule is CN1CCC(O)(C#Cc2cccc(-c3nc(C(F)(F)F)c4ccnc(N)c4n3)c2)C1=O. The molecule has 1 aliphatic rings. The number of hydrogen-bond acceptors (Lipinski definition) is 6. The lowest BCUT2D eigenvalue weighted by Gasteiger charge is -2.13. The number of rotatable bonds is 1. The number of aliphatic hydroxyl groups is 1. The van der Waals surface area contributed by atoms with Gasteiger partial charge in [-0.1, -0.05) is 24.0 Å². The fourth-order valence-corrected chi connectivity index (χ4v) is 3.30. The number of amides is 1. The third kappa shape index (κ3) is 3.75. The lowest BCUT2D eigenvalue weighted by atomic mass is 10.0. The van der Waals surface area contributed by atoms with Crippen molar-refractivity contribution in [3.05, 3.63) is 47.8 Å². The number of benzene rings is 1. The Bertz CT molecular complexity index is 1270. The molecule has 31 heavy (non-hydrogen) atoms. The lowest BCUT2D eigenvalue weighted by molar-refractivity contribution is -0.139. The molecule has 1 atom stereocenters. The second-order valence-corrected chi connectivity index (χ2v) is 7.15. The van der Waals surface area contributed by atoms with E-state index in [1.807, 2.05) is 0 Å². The van der Waals surface area contributed by atoms with E-state index >= 15 is 0 Å². The monoisotopic (exact) mass is 427 g/mol. The zero-order chi connectivity index (χ0) is 22.4. The summed E-state index contributed by atoms with van der Waals surface area (Å²) >= 11 is 0. The van der Waals surface area contributed by atoms with Gasteiger partial charge in [0.25, 0.3) is 5.91 Å². The fourth-order valence-electron chi connectivity index (χ4n) is 3.30. The van der Waals surface area contributed by atoms with Crippen LogP contribution in [0.4, 0.5) is 19.0 Å². The van der Waals surface area contributed by atoms with E-state index in [9.17, 15) is 23.1 Å². The van der Waals surface area contributed by atoms with Gasteiger partial charge in [0.2, 0.25) is 5.60 Å². The number of carbonyl (C=O) groups is 1. The zero-order valence-electron chi connectivity index (χ0n) is 16.2. The number of nitrogens with zero attached hydrogens (tertiary/aromatic N) is 4. The Labute approximate surface area is 174 Å². The van der Waals surface area contributed by atoms with Crippen molar-refractivity contribution in [2.24, 2.45) is 0 Å². The summed E-state index contributed by atoms with van der Waals surface area (Å²) in [6.07, 6.45) is -3.39. The maximum absolute atomic E-state index is 13.6. The molecular formula is C21H16F3N5O2. The van der Waals surface area contributed by atoms with E-state index in [0.29, 0.717) is 12.1 Å². The van der Waals surface area contributed by atoms with Crippen molar-refractivity contribution in [2.75, 3.05) is 19.3 Å². The predicted octanol–water partition coefficient (Wildman–Crippen LogP) is 2.24.